The largest absolute Gasteiger partial charge is 0.300 e. The zero-order chi connectivity index (χ0) is 20.7. The van der Waals surface area contributed by atoms with Crippen LogP contribution in [-0.4, -0.2) is 15.5 Å². The van der Waals surface area contributed by atoms with E-state index in [0.29, 0.717) is 16.6 Å². The fourth-order valence-corrected chi connectivity index (χ4v) is 4.82. The van der Waals surface area contributed by atoms with Crippen molar-refractivity contribution in [3.8, 4) is 0 Å². The summed E-state index contributed by atoms with van der Waals surface area (Å²) in [6.07, 6.45) is 0.481. The van der Waals surface area contributed by atoms with Crippen molar-refractivity contribution in [1.29, 1.82) is 0 Å². The maximum Gasteiger partial charge on any atom is 0.252 e. The zero-order valence-electron chi connectivity index (χ0n) is 16.3. The molecule has 1 N–H and O–H groups in total. The maximum atomic E-state index is 13.1. The molecule has 1 unspecified atom stereocenters. The Hall–Kier alpha value is -2.70. The molecule has 1 amide bonds. The van der Waals surface area contributed by atoms with E-state index >= 15 is 0 Å². The summed E-state index contributed by atoms with van der Waals surface area (Å²) in [6, 6.07) is 12.3. The number of carbonyl (C=O) groups excluding carboxylic acids is 1. The fraction of sp³-hybridized carbons (Fsp3) is 0.227. The average Bonchev–Trinajstić information content (AvgIpc) is 3.06. The van der Waals surface area contributed by atoms with Gasteiger partial charge < -0.3 is 5.32 Å². The molecular weight excluding hydrogens is 406 g/mol. The molecule has 29 heavy (non-hydrogen) atoms. The molecule has 0 saturated heterocycles. The van der Waals surface area contributed by atoms with Crippen molar-refractivity contribution in [2.75, 3.05) is 5.32 Å². The highest BCUT2D eigenvalue weighted by atomic mass is 35.5. The normalized spacial score (nSPS) is 12.4. The highest BCUT2D eigenvalue weighted by Gasteiger charge is 2.24. The third-order valence-corrected chi connectivity index (χ3v) is 6.23. The van der Waals surface area contributed by atoms with Crippen molar-refractivity contribution in [1.82, 2.24) is 9.55 Å². The first kappa shape index (κ1) is 19.6. The highest BCUT2D eigenvalue weighted by Crippen LogP contribution is 2.30. The number of nitrogens with one attached hydrogen (secondary N) is 1. The summed E-state index contributed by atoms with van der Waals surface area (Å²) in [4.78, 5) is 30.5. The fourth-order valence-electron chi connectivity index (χ4n) is 3.67. The van der Waals surface area contributed by atoms with Crippen LogP contribution in [0.1, 0.15) is 30.5 Å². The standard InChI is InChI=1S/C22H20ClN3O2S/c1-4-17(21(28)25-22-24-16-9-8-14(23)11-18(16)29-22)26-19(27)10-13(3)15-7-5-6-12(2)20(15)26/h5-11,17H,4H2,1-3H3,(H,24,25,28). The predicted molar refractivity (Wildman–Crippen MR) is 120 cm³/mol. The monoisotopic (exact) mass is 425 g/mol. The maximum absolute atomic E-state index is 13.1. The first-order chi connectivity index (χ1) is 13.9. The number of benzene rings is 2. The van der Waals surface area contributed by atoms with Gasteiger partial charge in [-0.3, -0.25) is 14.2 Å². The second kappa shape index (κ2) is 7.61. The van der Waals surface area contributed by atoms with Crippen LogP contribution in [0.15, 0.2) is 47.3 Å². The second-order valence-corrected chi connectivity index (χ2v) is 8.52. The molecule has 148 valence electrons. The van der Waals surface area contributed by atoms with Gasteiger partial charge in [0, 0.05) is 16.5 Å². The summed E-state index contributed by atoms with van der Waals surface area (Å²) in [6.45, 7) is 5.78. The van der Waals surface area contributed by atoms with Gasteiger partial charge in [-0.15, -0.1) is 0 Å². The van der Waals surface area contributed by atoms with Crippen LogP contribution in [-0.2, 0) is 4.79 Å². The van der Waals surface area contributed by atoms with Crippen molar-refractivity contribution in [3.05, 3.63) is 69.0 Å². The minimum Gasteiger partial charge on any atom is -0.300 e. The topological polar surface area (TPSA) is 64.0 Å². The van der Waals surface area contributed by atoms with Gasteiger partial charge in [-0.2, -0.15) is 0 Å². The minimum absolute atomic E-state index is 0.178. The molecule has 2 heterocycles. The second-order valence-electron chi connectivity index (χ2n) is 7.05. The van der Waals surface area contributed by atoms with Crippen LogP contribution < -0.4 is 10.9 Å². The number of anilines is 1. The minimum atomic E-state index is -0.637. The number of hydrogen-bond donors (Lipinski definition) is 1. The van der Waals surface area contributed by atoms with Gasteiger partial charge in [-0.05, 0) is 49.6 Å². The lowest BCUT2D eigenvalue weighted by molar-refractivity contribution is -0.119. The summed E-state index contributed by atoms with van der Waals surface area (Å²) in [5.74, 6) is -0.256. The number of carbonyl (C=O) groups is 1. The summed E-state index contributed by atoms with van der Waals surface area (Å²) in [7, 11) is 0. The number of pyridine rings is 1. The van der Waals surface area contributed by atoms with E-state index < -0.39 is 6.04 Å². The number of halogens is 1. The average molecular weight is 426 g/mol. The smallest absolute Gasteiger partial charge is 0.252 e. The van der Waals surface area contributed by atoms with Crippen LogP contribution >= 0.6 is 22.9 Å². The van der Waals surface area contributed by atoms with Crippen molar-refractivity contribution in [3.63, 3.8) is 0 Å². The van der Waals surface area contributed by atoms with Crippen molar-refractivity contribution in [2.45, 2.75) is 33.2 Å². The zero-order valence-corrected chi connectivity index (χ0v) is 17.9. The van der Waals surface area contributed by atoms with Crippen LogP contribution in [0, 0.1) is 13.8 Å². The Morgan fingerprint density at radius 3 is 2.76 bits per heavy atom. The quantitative estimate of drug-likeness (QED) is 0.471. The molecule has 0 aliphatic rings. The number of nitrogens with zero attached hydrogens (tertiary/aromatic N) is 2. The van der Waals surface area contributed by atoms with Crippen LogP contribution in [0.2, 0.25) is 5.02 Å². The van der Waals surface area contributed by atoms with Gasteiger partial charge in [0.05, 0.1) is 15.7 Å². The number of rotatable bonds is 4. The molecule has 4 aromatic rings. The number of aromatic nitrogens is 2. The summed E-state index contributed by atoms with van der Waals surface area (Å²) >= 11 is 7.40. The van der Waals surface area contributed by atoms with E-state index in [9.17, 15) is 9.59 Å². The third-order valence-electron chi connectivity index (χ3n) is 5.06. The Morgan fingerprint density at radius 1 is 1.21 bits per heavy atom. The molecule has 0 bridgehead atoms. The van der Waals surface area contributed by atoms with Gasteiger partial charge in [0.25, 0.3) is 5.56 Å². The van der Waals surface area contributed by atoms with Gasteiger partial charge in [0.2, 0.25) is 5.91 Å². The highest BCUT2D eigenvalue weighted by molar-refractivity contribution is 7.22. The number of hydrogen-bond acceptors (Lipinski definition) is 4. The van der Waals surface area contributed by atoms with E-state index in [4.69, 9.17) is 11.6 Å². The van der Waals surface area contributed by atoms with Crippen LogP contribution in [0.5, 0.6) is 0 Å². The predicted octanol–water partition coefficient (Wildman–Crippen LogP) is 5.47. The third kappa shape index (κ3) is 3.54. The number of fused-ring (bicyclic) bond motifs is 2. The Kier molecular flexibility index (Phi) is 5.15. The van der Waals surface area contributed by atoms with Crippen molar-refractivity contribution < 1.29 is 4.79 Å². The SMILES string of the molecule is CCC(C(=O)Nc1nc2ccc(Cl)cc2s1)n1c(=O)cc(C)c2cccc(C)c21. The van der Waals surface area contributed by atoms with Gasteiger partial charge in [-0.1, -0.05) is 48.1 Å². The Balaban J connectivity index is 1.77. The van der Waals surface area contributed by atoms with E-state index in [0.717, 1.165) is 32.2 Å². The molecule has 1 atom stereocenters. The Bertz CT molecular complexity index is 1310. The van der Waals surface area contributed by atoms with Gasteiger partial charge in [-0.25, -0.2) is 4.98 Å². The van der Waals surface area contributed by atoms with Gasteiger partial charge >= 0.3 is 0 Å². The Morgan fingerprint density at radius 2 is 2.00 bits per heavy atom. The van der Waals surface area contributed by atoms with Crippen LogP contribution in [0.25, 0.3) is 21.1 Å². The molecule has 0 radical (unpaired) electrons. The van der Waals surface area contributed by atoms with Gasteiger partial charge in [0.15, 0.2) is 5.13 Å². The van der Waals surface area contributed by atoms with E-state index in [1.165, 1.54) is 11.3 Å². The molecule has 0 fully saturated rings. The lowest BCUT2D eigenvalue weighted by Gasteiger charge is -2.21. The van der Waals surface area contributed by atoms with E-state index in [-0.39, 0.29) is 11.5 Å². The first-order valence-electron chi connectivity index (χ1n) is 9.37. The first-order valence-corrected chi connectivity index (χ1v) is 10.6. The molecule has 5 nitrogen and oxygen atoms in total. The summed E-state index contributed by atoms with van der Waals surface area (Å²) in [5.41, 5.74) is 3.27. The van der Waals surface area contributed by atoms with Crippen molar-refractivity contribution in [2.24, 2.45) is 0 Å². The molecular formula is C22H20ClN3O2S. The molecule has 4 rings (SSSR count). The molecule has 0 aliphatic heterocycles. The molecule has 2 aromatic heterocycles. The molecule has 7 heteroatoms. The molecule has 0 aliphatic carbocycles. The van der Waals surface area contributed by atoms with Crippen molar-refractivity contribution >= 4 is 55.1 Å². The lowest BCUT2D eigenvalue weighted by Crippen LogP contribution is -2.33. The van der Waals surface area contributed by atoms with Crippen LogP contribution in [0.4, 0.5) is 5.13 Å². The number of amides is 1. The molecule has 0 spiro atoms. The lowest BCUT2D eigenvalue weighted by atomic mass is 10.0. The van der Waals surface area contributed by atoms with E-state index in [2.05, 4.69) is 10.3 Å². The van der Waals surface area contributed by atoms with Gasteiger partial charge in [0.1, 0.15) is 6.04 Å². The molecule has 0 saturated carbocycles. The van der Waals surface area contributed by atoms with Crippen LogP contribution in [0.3, 0.4) is 0 Å². The van der Waals surface area contributed by atoms with E-state index in [1.54, 1.807) is 16.7 Å². The molecule has 2 aromatic carbocycles. The number of aryl methyl sites for hydroxylation is 2. The summed E-state index contributed by atoms with van der Waals surface area (Å²) < 4.78 is 2.51. The number of para-hydroxylation sites is 1. The number of thiazole rings is 1. The summed E-state index contributed by atoms with van der Waals surface area (Å²) in [5, 5.41) is 4.99. The Labute approximate surface area is 177 Å². The van der Waals surface area contributed by atoms with E-state index in [1.807, 2.05) is 51.1 Å².